The van der Waals surface area contributed by atoms with E-state index in [-0.39, 0.29) is 17.3 Å². The lowest BCUT2D eigenvalue weighted by atomic mass is 10.2. The van der Waals surface area contributed by atoms with Crippen LogP contribution in [0, 0.1) is 5.82 Å². The molecule has 2 aromatic rings. The van der Waals surface area contributed by atoms with Crippen LogP contribution in [0.1, 0.15) is 23.7 Å². The molecule has 2 rings (SSSR count). The maximum Gasteiger partial charge on any atom is 0.335 e. The molecular weight excluding hydrogens is 301 g/mol. The zero-order valence-electron chi connectivity index (χ0n) is 12.5. The lowest BCUT2D eigenvalue weighted by molar-refractivity contribution is -0.122. The van der Waals surface area contributed by atoms with Gasteiger partial charge in [0.2, 0.25) is 0 Å². The van der Waals surface area contributed by atoms with Gasteiger partial charge < -0.3 is 15.2 Å². The summed E-state index contributed by atoms with van der Waals surface area (Å²) in [6, 6.07) is 11.2. The van der Waals surface area contributed by atoms with E-state index in [1.807, 2.05) is 0 Å². The Morgan fingerprint density at radius 1 is 1.13 bits per heavy atom. The molecule has 0 aromatic heterocycles. The molecule has 0 spiro atoms. The zero-order chi connectivity index (χ0) is 16.8. The fourth-order valence-electron chi connectivity index (χ4n) is 1.92. The Bertz CT molecular complexity index is 683. The van der Waals surface area contributed by atoms with Crippen LogP contribution in [0.5, 0.6) is 5.75 Å². The Kier molecular flexibility index (Phi) is 5.30. The molecule has 0 bridgehead atoms. The molecule has 0 heterocycles. The third-order valence-electron chi connectivity index (χ3n) is 3.15. The number of ether oxygens (including phenoxy) is 1. The third-order valence-corrected chi connectivity index (χ3v) is 3.15. The number of anilines is 1. The van der Waals surface area contributed by atoms with Crippen molar-refractivity contribution in [3.05, 3.63) is 59.9 Å². The summed E-state index contributed by atoms with van der Waals surface area (Å²) in [6.45, 7) is 1.79. The summed E-state index contributed by atoms with van der Waals surface area (Å²) >= 11 is 0. The van der Waals surface area contributed by atoms with E-state index in [0.717, 1.165) is 0 Å². The molecule has 0 radical (unpaired) electrons. The highest BCUT2D eigenvalue weighted by Gasteiger charge is 2.18. The minimum absolute atomic E-state index is 0.137. The second kappa shape index (κ2) is 7.40. The van der Waals surface area contributed by atoms with E-state index in [2.05, 4.69) is 5.32 Å². The van der Waals surface area contributed by atoms with Gasteiger partial charge in [0, 0.05) is 5.69 Å². The van der Waals surface area contributed by atoms with E-state index < -0.39 is 12.1 Å². The van der Waals surface area contributed by atoms with Gasteiger partial charge in [-0.3, -0.25) is 4.79 Å². The van der Waals surface area contributed by atoms with Crippen molar-refractivity contribution in [1.29, 1.82) is 0 Å². The van der Waals surface area contributed by atoms with Crippen LogP contribution in [-0.2, 0) is 4.79 Å². The molecule has 2 N–H and O–H groups in total. The molecule has 6 heteroatoms. The normalized spacial score (nSPS) is 11.6. The van der Waals surface area contributed by atoms with Crippen molar-refractivity contribution < 1.29 is 23.8 Å². The Morgan fingerprint density at radius 2 is 1.74 bits per heavy atom. The minimum atomic E-state index is -1.03. The SMILES string of the molecule is CCC(Oc1ccc(F)cc1)C(=O)Nc1ccc(C(=O)O)cc1. The first kappa shape index (κ1) is 16.5. The molecule has 2 aromatic carbocycles. The van der Waals surface area contributed by atoms with Crippen molar-refractivity contribution >= 4 is 17.6 Å². The molecular formula is C17H16FNO4. The number of amides is 1. The lowest BCUT2D eigenvalue weighted by Crippen LogP contribution is -2.32. The van der Waals surface area contributed by atoms with Gasteiger partial charge in [-0.15, -0.1) is 0 Å². The number of hydrogen-bond acceptors (Lipinski definition) is 3. The third kappa shape index (κ3) is 4.54. The number of benzene rings is 2. The number of carboxylic acids is 1. The fraction of sp³-hybridized carbons (Fsp3) is 0.176. The summed E-state index contributed by atoms with van der Waals surface area (Å²) in [5.74, 6) is -1.38. The van der Waals surface area contributed by atoms with Gasteiger partial charge in [0.15, 0.2) is 6.10 Å². The van der Waals surface area contributed by atoms with Gasteiger partial charge >= 0.3 is 5.97 Å². The predicted octanol–water partition coefficient (Wildman–Crippen LogP) is 3.32. The standard InChI is InChI=1S/C17H16FNO4/c1-2-15(23-14-9-5-12(18)6-10-14)16(20)19-13-7-3-11(4-8-13)17(21)22/h3-10,15H,2H2,1H3,(H,19,20)(H,21,22). The largest absolute Gasteiger partial charge is 0.481 e. The minimum Gasteiger partial charge on any atom is -0.481 e. The van der Waals surface area contributed by atoms with Crippen molar-refractivity contribution in [2.75, 3.05) is 5.32 Å². The molecule has 5 nitrogen and oxygen atoms in total. The second-order valence-electron chi connectivity index (χ2n) is 4.84. The highest BCUT2D eigenvalue weighted by molar-refractivity contribution is 5.95. The summed E-state index contributed by atoms with van der Waals surface area (Å²) in [6.07, 6.45) is -0.309. The van der Waals surface area contributed by atoms with Gasteiger partial charge in [-0.05, 0) is 55.0 Å². The summed E-state index contributed by atoms with van der Waals surface area (Å²) < 4.78 is 18.4. The molecule has 0 aliphatic heterocycles. The van der Waals surface area contributed by atoms with Crippen LogP contribution < -0.4 is 10.1 Å². The molecule has 120 valence electrons. The van der Waals surface area contributed by atoms with Crippen molar-refractivity contribution in [2.45, 2.75) is 19.4 Å². The van der Waals surface area contributed by atoms with E-state index in [1.54, 1.807) is 6.92 Å². The predicted molar refractivity (Wildman–Crippen MR) is 83.1 cm³/mol. The van der Waals surface area contributed by atoms with Crippen LogP contribution >= 0.6 is 0 Å². The van der Waals surface area contributed by atoms with Gasteiger partial charge in [0.05, 0.1) is 5.56 Å². The molecule has 0 fully saturated rings. The number of carbonyl (C=O) groups is 2. The van der Waals surface area contributed by atoms with Gasteiger partial charge in [-0.1, -0.05) is 6.92 Å². The molecule has 1 atom stereocenters. The smallest absolute Gasteiger partial charge is 0.335 e. The maximum absolute atomic E-state index is 12.9. The number of hydrogen-bond donors (Lipinski definition) is 2. The Balaban J connectivity index is 2.01. The number of halogens is 1. The summed E-state index contributed by atoms with van der Waals surface area (Å²) in [4.78, 5) is 23.0. The quantitative estimate of drug-likeness (QED) is 0.857. The highest BCUT2D eigenvalue weighted by atomic mass is 19.1. The van der Waals surface area contributed by atoms with Gasteiger partial charge in [-0.2, -0.15) is 0 Å². The van der Waals surface area contributed by atoms with Gasteiger partial charge in [0.25, 0.3) is 5.91 Å². The number of nitrogens with one attached hydrogen (secondary N) is 1. The second-order valence-corrected chi connectivity index (χ2v) is 4.84. The summed E-state index contributed by atoms with van der Waals surface area (Å²) in [5, 5.41) is 11.5. The van der Waals surface area contributed by atoms with Crippen molar-refractivity contribution in [3.8, 4) is 5.75 Å². The maximum atomic E-state index is 12.9. The van der Waals surface area contributed by atoms with Crippen LogP contribution in [0.25, 0.3) is 0 Å². The molecule has 0 aliphatic rings. The van der Waals surface area contributed by atoms with E-state index >= 15 is 0 Å². The summed E-state index contributed by atoms with van der Waals surface area (Å²) in [5.41, 5.74) is 0.610. The fourth-order valence-corrected chi connectivity index (χ4v) is 1.92. The van der Waals surface area contributed by atoms with Crippen LogP contribution in [0.2, 0.25) is 0 Å². The average molecular weight is 317 g/mol. The first-order chi connectivity index (χ1) is 11.0. The number of rotatable bonds is 6. The van der Waals surface area contributed by atoms with E-state index in [4.69, 9.17) is 9.84 Å². The van der Waals surface area contributed by atoms with E-state index in [0.29, 0.717) is 17.9 Å². The molecule has 0 saturated heterocycles. The van der Waals surface area contributed by atoms with Crippen molar-refractivity contribution in [1.82, 2.24) is 0 Å². The first-order valence-electron chi connectivity index (χ1n) is 7.06. The van der Waals surface area contributed by atoms with Crippen LogP contribution in [0.15, 0.2) is 48.5 Å². The molecule has 0 saturated carbocycles. The number of aromatic carboxylic acids is 1. The van der Waals surface area contributed by atoms with Crippen LogP contribution in [-0.4, -0.2) is 23.1 Å². The zero-order valence-corrected chi connectivity index (χ0v) is 12.5. The lowest BCUT2D eigenvalue weighted by Gasteiger charge is -2.17. The molecule has 23 heavy (non-hydrogen) atoms. The Morgan fingerprint density at radius 3 is 2.26 bits per heavy atom. The first-order valence-corrected chi connectivity index (χ1v) is 7.06. The monoisotopic (exact) mass is 317 g/mol. The highest BCUT2D eigenvalue weighted by Crippen LogP contribution is 2.16. The topological polar surface area (TPSA) is 75.6 Å². The van der Waals surface area contributed by atoms with E-state index in [1.165, 1.54) is 48.5 Å². The van der Waals surface area contributed by atoms with Crippen LogP contribution in [0.4, 0.5) is 10.1 Å². The molecule has 1 unspecified atom stereocenters. The van der Waals surface area contributed by atoms with Crippen molar-refractivity contribution in [2.24, 2.45) is 0 Å². The average Bonchev–Trinajstić information content (AvgIpc) is 2.54. The molecule has 1 amide bonds. The summed E-state index contributed by atoms with van der Waals surface area (Å²) in [7, 11) is 0. The van der Waals surface area contributed by atoms with Crippen molar-refractivity contribution in [3.63, 3.8) is 0 Å². The van der Waals surface area contributed by atoms with Gasteiger partial charge in [-0.25, -0.2) is 9.18 Å². The van der Waals surface area contributed by atoms with E-state index in [9.17, 15) is 14.0 Å². The Labute approximate surface area is 132 Å². The number of carboxylic acid groups (broad SMARTS) is 1. The molecule has 0 aliphatic carbocycles. The van der Waals surface area contributed by atoms with Crippen LogP contribution in [0.3, 0.4) is 0 Å². The van der Waals surface area contributed by atoms with Gasteiger partial charge in [0.1, 0.15) is 11.6 Å². The number of carbonyl (C=O) groups excluding carboxylic acids is 1. The Hall–Kier alpha value is -2.89.